The number of nitrogens with two attached hydrogens (primary N) is 1. The van der Waals surface area contributed by atoms with Crippen LogP contribution in [0.1, 0.15) is 25.6 Å². The molecule has 2 N–H and O–H groups in total. The Bertz CT molecular complexity index is 331. The van der Waals surface area contributed by atoms with E-state index in [9.17, 15) is 0 Å². The summed E-state index contributed by atoms with van der Waals surface area (Å²) in [4.78, 5) is 6.52. The molecule has 0 saturated carbocycles. The van der Waals surface area contributed by atoms with Crippen molar-refractivity contribution < 1.29 is 9.26 Å². The van der Waals surface area contributed by atoms with Gasteiger partial charge in [0.15, 0.2) is 5.82 Å². The van der Waals surface area contributed by atoms with Gasteiger partial charge in [-0.05, 0) is 13.8 Å². The van der Waals surface area contributed by atoms with Crippen LogP contribution in [0.5, 0.6) is 0 Å². The van der Waals surface area contributed by atoms with Crippen LogP contribution >= 0.6 is 0 Å². The highest BCUT2D eigenvalue weighted by Gasteiger charge is 2.26. The maximum Gasteiger partial charge on any atom is 0.240 e. The fourth-order valence-corrected chi connectivity index (χ4v) is 1.95. The van der Waals surface area contributed by atoms with Crippen LogP contribution in [0.4, 0.5) is 0 Å². The molecule has 2 heterocycles. The third-order valence-electron chi connectivity index (χ3n) is 2.86. The van der Waals surface area contributed by atoms with E-state index < -0.39 is 0 Å². The number of morpholine rings is 1. The van der Waals surface area contributed by atoms with Crippen molar-refractivity contribution in [3.05, 3.63) is 11.7 Å². The molecule has 16 heavy (non-hydrogen) atoms. The van der Waals surface area contributed by atoms with E-state index in [2.05, 4.69) is 28.9 Å². The zero-order valence-corrected chi connectivity index (χ0v) is 9.72. The van der Waals surface area contributed by atoms with E-state index in [4.69, 9.17) is 15.0 Å². The molecule has 0 aliphatic carbocycles. The molecule has 0 amide bonds. The average Bonchev–Trinajstić information content (AvgIpc) is 2.71. The smallest absolute Gasteiger partial charge is 0.240 e. The number of ether oxygens (including phenoxy) is 1. The number of rotatable bonds is 3. The Morgan fingerprint density at radius 2 is 2.06 bits per heavy atom. The zero-order chi connectivity index (χ0) is 11.5. The van der Waals surface area contributed by atoms with Crippen LogP contribution in [0.3, 0.4) is 0 Å². The minimum absolute atomic E-state index is 0.293. The quantitative estimate of drug-likeness (QED) is 0.789. The summed E-state index contributed by atoms with van der Waals surface area (Å²) in [6, 6.07) is 0.757. The van der Waals surface area contributed by atoms with Crippen molar-refractivity contribution in [2.45, 2.75) is 39.0 Å². The molecule has 0 spiro atoms. The molecule has 1 aliphatic heterocycles. The zero-order valence-electron chi connectivity index (χ0n) is 9.72. The summed E-state index contributed by atoms with van der Waals surface area (Å²) >= 11 is 0. The Balaban J connectivity index is 2.01. The van der Waals surface area contributed by atoms with Crippen molar-refractivity contribution in [1.82, 2.24) is 15.0 Å². The lowest BCUT2D eigenvalue weighted by Gasteiger charge is -2.37. The van der Waals surface area contributed by atoms with Crippen LogP contribution in [0.2, 0.25) is 0 Å². The highest BCUT2D eigenvalue weighted by Crippen LogP contribution is 2.15. The highest BCUT2D eigenvalue weighted by molar-refractivity contribution is 4.89. The lowest BCUT2D eigenvalue weighted by Crippen LogP contribution is -2.49. The number of aromatic nitrogens is 2. The van der Waals surface area contributed by atoms with Crippen molar-refractivity contribution in [2.24, 2.45) is 5.73 Å². The topological polar surface area (TPSA) is 77.4 Å². The van der Waals surface area contributed by atoms with Crippen LogP contribution < -0.4 is 5.73 Å². The molecule has 0 bridgehead atoms. The molecule has 1 aliphatic rings. The van der Waals surface area contributed by atoms with Crippen LogP contribution in [0, 0.1) is 0 Å². The molecule has 6 nitrogen and oxygen atoms in total. The summed E-state index contributed by atoms with van der Waals surface area (Å²) < 4.78 is 10.4. The molecule has 1 aromatic rings. The largest absolute Gasteiger partial charge is 0.378 e. The Labute approximate surface area is 94.7 Å². The van der Waals surface area contributed by atoms with Gasteiger partial charge in [-0.1, -0.05) is 5.16 Å². The van der Waals surface area contributed by atoms with Crippen LogP contribution in [0.25, 0.3) is 0 Å². The van der Waals surface area contributed by atoms with Gasteiger partial charge in [0.1, 0.15) is 0 Å². The summed E-state index contributed by atoms with van der Waals surface area (Å²) in [7, 11) is 0. The number of hydrogen-bond acceptors (Lipinski definition) is 6. The minimum atomic E-state index is 0.293. The predicted molar refractivity (Wildman–Crippen MR) is 57.5 cm³/mol. The minimum Gasteiger partial charge on any atom is -0.378 e. The van der Waals surface area contributed by atoms with Crippen molar-refractivity contribution >= 4 is 0 Å². The van der Waals surface area contributed by atoms with E-state index in [0.717, 1.165) is 13.2 Å². The molecule has 2 unspecified atom stereocenters. The first-order valence-electron chi connectivity index (χ1n) is 5.55. The second-order valence-electron chi connectivity index (χ2n) is 4.22. The summed E-state index contributed by atoms with van der Waals surface area (Å²) in [6.45, 7) is 6.77. The SMILES string of the molecule is CC1COCC(C)N1Cc1noc(CN)n1. The lowest BCUT2D eigenvalue weighted by atomic mass is 10.2. The van der Waals surface area contributed by atoms with Gasteiger partial charge < -0.3 is 15.0 Å². The number of nitrogens with zero attached hydrogens (tertiary/aromatic N) is 3. The Morgan fingerprint density at radius 3 is 2.62 bits per heavy atom. The van der Waals surface area contributed by atoms with Gasteiger partial charge in [0.05, 0.1) is 26.3 Å². The molecule has 6 heteroatoms. The van der Waals surface area contributed by atoms with E-state index in [1.807, 2.05) is 0 Å². The van der Waals surface area contributed by atoms with Gasteiger partial charge in [-0.3, -0.25) is 4.90 Å². The molecule has 2 rings (SSSR count). The Kier molecular flexibility index (Phi) is 3.52. The molecule has 2 atom stereocenters. The van der Waals surface area contributed by atoms with Gasteiger partial charge >= 0.3 is 0 Å². The fourth-order valence-electron chi connectivity index (χ4n) is 1.95. The van der Waals surface area contributed by atoms with E-state index in [0.29, 0.717) is 36.9 Å². The first-order chi connectivity index (χ1) is 7.70. The van der Waals surface area contributed by atoms with Gasteiger partial charge in [-0.15, -0.1) is 0 Å². The molecule has 1 saturated heterocycles. The van der Waals surface area contributed by atoms with Crippen molar-refractivity contribution in [3.63, 3.8) is 0 Å². The summed E-state index contributed by atoms with van der Waals surface area (Å²) in [5.74, 6) is 1.18. The van der Waals surface area contributed by atoms with E-state index in [1.165, 1.54) is 0 Å². The third kappa shape index (κ3) is 2.40. The standard InChI is InChI=1S/C10H18N4O2/c1-7-5-15-6-8(2)14(7)4-9-12-10(3-11)16-13-9/h7-8H,3-6,11H2,1-2H3. The maximum absolute atomic E-state index is 5.46. The molecular formula is C10H18N4O2. The number of hydrogen-bond donors (Lipinski definition) is 1. The van der Waals surface area contributed by atoms with Gasteiger partial charge in [0.25, 0.3) is 0 Å². The molecular weight excluding hydrogens is 208 g/mol. The third-order valence-corrected chi connectivity index (χ3v) is 2.86. The first-order valence-corrected chi connectivity index (χ1v) is 5.55. The summed E-state index contributed by atoms with van der Waals surface area (Å²) in [5.41, 5.74) is 5.42. The second kappa shape index (κ2) is 4.90. The molecule has 0 radical (unpaired) electrons. The van der Waals surface area contributed by atoms with Gasteiger partial charge in [-0.2, -0.15) is 4.98 Å². The molecule has 1 fully saturated rings. The van der Waals surface area contributed by atoms with E-state index in [-0.39, 0.29) is 0 Å². The molecule has 90 valence electrons. The van der Waals surface area contributed by atoms with Crippen LogP contribution in [-0.2, 0) is 17.8 Å². The van der Waals surface area contributed by atoms with Gasteiger partial charge in [-0.25, -0.2) is 0 Å². The normalized spacial score (nSPS) is 27.2. The van der Waals surface area contributed by atoms with Crippen LogP contribution in [-0.4, -0.2) is 40.3 Å². The monoisotopic (exact) mass is 226 g/mol. The van der Waals surface area contributed by atoms with Crippen molar-refractivity contribution in [1.29, 1.82) is 0 Å². The van der Waals surface area contributed by atoms with Crippen molar-refractivity contribution in [3.8, 4) is 0 Å². The molecule has 1 aromatic heterocycles. The first kappa shape index (κ1) is 11.5. The van der Waals surface area contributed by atoms with E-state index in [1.54, 1.807) is 0 Å². The summed E-state index contributed by atoms with van der Waals surface area (Å²) in [6.07, 6.45) is 0. The van der Waals surface area contributed by atoms with Crippen LogP contribution in [0.15, 0.2) is 4.52 Å². The van der Waals surface area contributed by atoms with E-state index >= 15 is 0 Å². The predicted octanol–water partition coefficient (Wildman–Crippen LogP) is 0.138. The Morgan fingerprint density at radius 1 is 1.38 bits per heavy atom. The fraction of sp³-hybridized carbons (Fsp3) is 0.800. The highest BCUT2D eigenvalue weighted by atomic mass is 16.5. The Hall–Kier alpha value is -0.980. The van der Waals surface area contributed by atoms with Gasteiger partial charge in [0, 0.05) is 12.1 Å². The second-order valence-corrected chi connectivity index (χ2v) is 4.22. The summed E-state index contributed by atoms with van der Waals surface area (Å²) in [5, 5.41) is 3.90. The van der Waals surface area contributed by atoms with Gasteiger partial charge in [0.2, 0.25) is 5.89 Å². The molecule has 0 aromatic carbocycles. The van der Waals surface area contributed by atoms with Crippen molar-refractivity contribution in [2.75, 3.05) is 13.2 Å². The maximum atomic E-state index is 5.46. The average molecular weight is 226 g/mol. The lowest BCUT2D eigenvalue weighted by molar-refractivity contribution is -0.0422.